The van der Waals surface area contributed by atoms with Gasteiger partial charge in [-0.05, 0) is 54.2 Å². The molecule has 1 saturated heterocycles. The maximum Gasteiger partial charge on any atom is 0.410 e. The highest BCUT2D eigenvalue weighted by molar-refractivity contribution is 9.10. The first kappa shape index (κ1) is 18.7. The third-order valence-electron chi connectivity index (χ3n) is 6.06. The molecule has 2 fully saturated rings. The summed E-state index contributed by atoms with van der Waals surface area (Å²) in [6, 6.07) is 13.0. The van der Waals surface area contributed by atoms with Crippen molar-refractivity contribution in [3.05, 3.63) is 52.9 Å². The fraction of sp³-hybridized carbons (Fsp3) is 0.391. The number of hydrogen-bond acceptors (Lipinski definition) is 3. The number of rotatable bonds is 5. The van der Waals surface area contributed by atoms with Crippen LogP contribution in [0.2, 0.25) is 0 Å². The smallest absolute Gasteiger partial charge is 0.410 e. The lowest BCUT2D eigenvalue weighted by Gasteiger charge is -2.25. The molecule has 0 bridgehead atoms. The van der Waals surface area contributed by atoms with Crippen molar-refractivity contribution in [1.82, 2.24) is 14.9 Å². The van der Waals surface area contributed by atoms with Crippen molar-refractivity contribution in [2.45, 2.75) is 44.7 Å². The van der Waals surface area contributed by atoms with Crippen LogP contribution < -0.4 is 0 Å². The zero-order valence-corrected chi connectivity index (χ0v) is 18.0. The number of hydrogen-bond donors (Lipinski definition) is 1. The van der Waals surface area contributed by atoms with Gasteiger partial charge in [0, 0.05) is 16.1 Å². The maximum atomic E-state index is 12.6. The van der Waals surface area contributed by atoms with E-state index in [9.17, 15) is 4.79 Å². The summed E-state index contributed by atoms with van der Waals surface area (Å²) in [7, 11) is 0. The standard InChI is InChI=1S/C23H24BrN3O2/c1-2-3-8-29-23(28)27-20-11-17(20)12-21(27)22-25-13-19(26-22)16-5-4-15-10-18(24)7-6-14(15)9-16/h4-7,9-10,13,17,20-21H,2-3,8,11-12H2,1H3,(H,25,26). The number of amides is 1. The number of benzene rings is 2. The fourth-order valence-electron chi connectivity index (χ4n) is 4.38. The first-order chi connectivity index (χ1) is 14.1. The van der Waals surface area contributed by atoms with E-state index in [2.05, 4.69) is 69.2 Å². The Labute approximate surface area is 178 Å². The van der Waals surface area contributed by atoms with Crippen LogP contribution in [-0.2, 0) is 4.74 Å². The number of fused-ring (bicyclic) bond motifs is 2. The predicted molar refractivity (Wildman–Crippen MR) is 117 cm³/mol. The number of unbranched alkanes of at least 4 members (excludes halogenated alkanes) is 1. The molecule has 5 nitrogen and oxygen atoms in total. The number of imidazole rings is 1. The molecule has 2 aliphatic rings. The van der Waals surface area contributed by atoms with E-state index in [1.165, 1.54) is 10.8 Å². The summed E-state index contributed by atoms with van der Waals surface area (Å²) < 4.78 is 6.58. The fourth-order valence-corrected chi connectivity index (χ4v) is 4.76. The zero-order chi connectivity index (χ0) is 20.0. The lowest BCUT2D eigenvalue weighted by atomic mass is 10.1. The molecule has 0 radical (unpaired) electrons. The molecule has 1 amide bonds. The molecule has 2 aromatic carbocycles. The number of carbonyl (C=O) groups excluding carboxylic acids is 1. The third kappa shape index (κ3) is 3.54. The van der Waals surface area contributed by atoms with E-state index >= 15 is 0 Å². The summed E-state index contributed by atoms with van der Waals surface area (Å²) in [4.78, 5) is 22.7. The number of aromatic nitrogens is 2. The van der Waals surface area contributed by atoms with Crippen LogP contribution in [-0.4, -0.2) is 33.6 Å². The Bertz CT molecular complexity index is 1060. The quantitative estimate of drug-likeness (QED) is 0.477. The van der Waals surface area contributed by atoms with Gasteiger partial charge < -0.3 is 9.72 Å². The van der Waals surface area contributed by atoms with Gasteiger partial charge in [-0.25, -0.2) is 9.78 Å². The average molecular weight is 454 g/mol. The van der Waals surface area contributed by atoms with Crippen molar-refractivity contribution in [2.24, 2.45) is 5.92 Å². The molecule has 1 saturated carbocycles. The Morgan fingerprint density at radius 1 is 1.24 bits per heavy atom. The van der Waals surface area contributed by atoms with E-state index < -0.39 is 0 Å². The van der Waals surface area contributed by atoms with Crippen molar-refractivity contribution in [3.8, 4) is 11.3 Å². The van der Waals surface area contributed by atoms with Crippen LogP contribution in [0.25, 0.3) is 22.0 Å². The molecule has 5 rings (SSSR count). The lowest BCUT2D eigenvalue weighted by molar-refractivity contribution is 0.0879. The second kappa shape index (κ2) is 7.48. The maximum absolute atomic E-state index is 12.6. The van der Waals surface area contributed by atoms with Crippen LogP contribution in [0.3, 0.4) is 0 Å². The van der Waals surface area contributed by atoms with E-state index in [0.29, 0.717) is 18.6 Å². The first-order valence-corrected chi connectivity index (χ1v) is 11.1. The topological polar surface area (TPSA) is 58.2 Å². The minimum atomic E-state index is -0.192. The minimum absolute atomic E-state index is 0.0157. The normalized spacial score (nSPS) is 22.7. The number of nitrogens with zero attached hydrogens (tertiary/aromatic N) is 2. The number of halogens is 1. The van der Waals surface area contributed by atoms with Crippen molar-refractivity contribution in [1.29, 1.82) is 0 Å². The average Bonchev–Trinajstić information content (AvgIpc) is 3.15. The van der Waals surface area contributed by atoms with Crippen LogP contribution in [0.4, 0.5) is 4.79 Å². The Balaban J connectivity index is 1.38. The van der Waals surface area contributed by atoms with Crippen molar-refractivity contribution in [2.75, 3.05) is 6.61 Å². The van der Waals surface area contributed by atoms with Crippen LogP contribution in [0.5, 0.6) is 0 Å². The van der Waals surface area contributed by atoms with Gasteiger partial charge in [0.15, 0.2) is 0 Å². The second-order valence-corrected chi connectivity index (χ2v) is 8.99. The second-order valence-electron chi connectivity index (χ2n) is 8.08. The Morgan fingerprint density at radius 2 is 2.07 bits per heavy atom. The molecule has 1 aliphatic carbocycles. The van der Waals surface area contributed by atoms with E-state index in [0.717, 1.165) is 47.2 Å². The van der Waals surface area contributed by atoms with Gasteiger partial charge in [-0.15, -0.1) is 0 Å². The number of carbonyl (C=O) groups is 1. The van der Waals surface area contributed by atoms with Gasteiger partial charge in [-0.3, -0.25) is 4.90 Å². The summed E-state index contributed by atoms with van der Waals surface area (Å²) in [5.74, 6) is 1.45. The summed E-state index contributed by atoms with van der Waals surface area (Å²) >= 11 is 3.52. The Hall–Kier alpha value is -2.34. The van der Waals surface area contributed by atoms with E-state index in [4.69, 9.17) is 4.74 Å². The number of nitrogens with one attached hydrogen (secondary N) is 1. The van der Waals surface area contributed by atoms with Gasteiger partial charge >= 0.3 is 6.09 Å². The highest BCUT2D eigenvalue weighted by atomic mass is 79.9. The molecule has 3 atom stereocenters. The summed E-state index contributed by atoms with van der Waals surface area (Å²) in [6.45, 7) is 2.59. The molecule has 1 aliphatic heterocycles. The Morgan fingerprint density at radius 3 is 2.93 bits per heavy atom. The zero-order valence-electron chi connectivity index (χ0n) is 16.4. The number of ether oxygens (including phenoxy) is 1. The molecule has 6 heteroatoms. The van der Waals surface area contributed by atoms with E-state index in [1.54, 1.807) is 0 Å². The number of piperidine rings is 1. The summed E-state index contributed by atoms with van der Waals surface area (Å²) in [6.07, 6.45) is 5.66. The molecule has 150 valence electrons. The van der Waals surface area contributed by atoms with Crippen LogP contribution in [0.1, 0.15) is 44.5 Å². The molecule has 1 aromatic heterocycles. The van der Waals surface area contributed by atoms with Gasteiger partial charge in [-0.1, -0.05) is 47.5 Å². The van der Waals surface area contributed by atoms with Crippen LogP contribution in [0, 0.1) is 5.92 Å². The SMILES string of the molecule is CCCCOC(=O)N1C(c2ncc(-c3ccc4cc(Br)ccc4c3)[nH]2)CC2CC21. The lowest BCUT2D eigenvalue weighted by Crippen LogP contribution is -2.34. The summed E-state index contributed by atoms with van der Waals surface area (Å²) in [5.41, 5.74) is 2.07. The van der Waals surface area contributed by atoms with Gasteiger partial charge in [0.2, 0.25) is 0 Å². The predicted octanol–water partition coefficient (Wildman–Crippen LogP) is 6.06. The van der Waals surface area contributed by atoms with Gasteiger partial charge in [-0.2, -0.15) is 0 Å². The number of H-pyrrole nitrogens is 1. The van der Waals surface area contributed by atoms with E-state index in [1.807, 2.05) is 11.1 Å². The van der Waals surface area contributed by atoms with Gasteiger partial charge in [0.05, 0.1) is 24.5 Å². The molecular weight excluding hydrogens is 430 g/mol. The highest BCUT2D eigenvalue weighted by Crippen LogP contribution is 2.53. The molecule has 3 unspecified atom stereocenters. The first-order valence-electron chi connectivity index (χ1n) is 10.3. The monoisotopic (exact) mass is 453 g/mol. The minimum Gasteiger partial charge on any atom is -0.449 e. The van der Waals surface area contributed by atoms with Crippen molar-refractivity contribution >= 4 is 32.8 Å². The number of likely N-dealkylation sites (tertiary alicyclic amines) is 1. The molecule has 3 aromatic rings. The van der Waals surface area contributed by atoms with Gasteiger partial charge in [0.25, 0.3) is 0 Å². The van der Waals surface area contributed by atoms with Crippen LogP contribution in [0.15, 0.2) is 47.1 Å². The largest absolute Gasteiger partial charge is 0.449 e. The van der Waals surface area contributed by atoms with Gasteiger partial charge in [0.1, 0.15) is 5.82 Å². The van der Waals surface area contributed by atoms with Crippen molar-refractivity contribution in [3.63, 3.8) is 0 Å². The Kier molecular flexibility index (Phi) is 4.82. The number of aromatic amines is 1. The molecule has 2 heterocycles. The van der Waals surface area contributed by atoms with Crippen molar-refractivity contribution < 1.29 is 9.53 Å². The summed E-state index contributed by atoms with van der Waals surface area (Å²) in [5, 5.41) is 2.38. The molecular formula is C23H24BrN3O2. The third-order valence-corrected chi connectivity index (χ3v) is 6.56. The van der Waals surface area contributed by atoms with Crippen LogP contribution >= 0.6 is 15.9 Å². The molecule has 0 spiro atoms. The molecule has 29 heavy (non-hydrogen) atoms. The van der Waals surface area contributed by atoms with E-state index in [-0.39, 0.29) is 12.1 Å². The molecule has 1 N–H and O–H groups in total. The highest BCUT2D eigenvalue weighted by Gasteiger charge is 2.55.